The van der Waals surface area contributed by atoms with Crippen LogP contribution in [-0.4, -0.2) is 18.4 Å². The molecule has 0 atom stereocenters. The molecule has 0 spiro atoms. The number of sulfonamides is 1. The van der Waals surface area contributed by atoms with Gasteiger partial charge in [0.15, 0.2) is 0 Å². The lowest BCUT2D eigenvalue weighted by Gasteiger charge is -2.14. The first-order valence-electron chi connectivity index (χ1n) is 5.80. The first-order chi connectivity index (χ1) is 9.44. The first-order valence-corrected chi connectivity index (χ1v) is 7.28. The fourth-order valence-corrected chi connectivity index (χ4v) is 3.50. The molecule has 0 aliphatic heterocycles. The Balaban J connectivity index is 2.45. The molecule has 4 N–H and O–H groups in total. The van der Waals surface area contributed by atoms with Crippen molar-refractivity contribution in [3.63, 3.8) is 0 Å². The van der Waals surface area contributed by atoms with Crippen LogP contribution in [0.25, 0.3) is 0 Å². The molecular formula is C12H15N5O2S. The Bertz CT molecular complexity index is 693. The summed E-state index contributed by atoms with van der Waals surface area (Å²) < 4.78 is 27.3. The van der Waals surface area contributed by atoms with Crippen molar-refractivity contribution in [3.05, 3.63) is 42.0 Å². The molecule has 1 heterocycles. The van der Waals surface area contributed by atoms with Gasteiger partial charge in [-0.1, -0.05) is 0 Å². The number of benzene rings is 1. The molecule has 0 saturated heterocycles. The van der Waals surface area contributed by atoms with Gasteiger partial charge >= 0.3 is 0 Å². The molecule has 0 fully saturated rings. The first kappa shape index (κ1) is 14.2. The van der Waals surface area contributed by atoms with Crippen molar-refractivity contribution in [1.82, 2.24) is 9.97 Å². The van der Waals surface area contributed by atoms with Crippen molar-refractivity contribution in [2.75, 3.05) is 10.1 Å². The second-order valence-electron chi connectivity index (χ2n) is 4.32. The zero-order chi connectivity index (χ0) is 14.8. The van der Waals surface area contributed by atoms with Crippen molar-refractivity contribution in [3.8, 4) is 0 Å². The molecule has 7 nitrogen and oxygen atoms in total. The lowest BCUT2D eigenvalue weighted by atomic mass is 10.1. The summed E-state index contributed by atoms with van der Waals surface area (Å²) in [6.45, 7) is 3.42. The number of hydrogen-bond donors (Lipinski definition) is 3. The van der Waals surface area contributed by atoms with Gasteiger partial charge in [0.2, 0.25) is 0 Å². The summed E-state index contributed by atoms with van der Waals surface area (Å²) in [5.74, 6) is 5.34. The second kappa shape index (κ2) is 5.43. The number of nitrogens with zero attached hydrogens (tertiary/aromatic N) is 2. The lowest BCUT2D eigenvalue weighted by molar-refractivity contribution is 0.600. The summed E-state index contributed by atoms with van der Waals surface area (Å²) in [6.07, 6.45) is 4.12. The molecule has 20 heavy (non-hydrogen) atoms. The Hall–Kier alpha value is -2.19. The fourth-order valence-electron chi connectivity index (χ4n) is 2.02. The van der Waals surface area contributed by atoms with Crippen molar-refractivity contribution < 1.29 is 8.42 Å². The van der Waals surface area contributed by atoms with Crippen LogP contribution in [0.2, 0.25) is 0 Å². The van der Waals surface area contributed by atoms with Gasteiger partial charge in [0, 0.05) is 5.69 Å². The zero-order valence-corrected chi connectivity index (χ0v) is 11.9. The van der Waals surface area contributed by atoms with E-state index in [1.165, 1.54) is 18.7 Å². The van der Waals surface area contributed by atoms with Crippen LogP contribution in [0.4, 0.5) is 11.4 Å². The Labute approximate surface area is 117 Å². The standard InChI is InChI=1S/C12H15N5O2S/c1-8-3-10(16-13)4-9(2)12(8)20(18,19)17-11-5-14-7-15-6-11/h3-7,16-17H,13H2,1-2H3. The zero-order valence-electron chi connectivity index (χ0n) is 11.1. The van der Waals surface area contributed by atoms with Crippen LogP contribution in [-0.2, 0) is 10.0 Å². The summed E-state index contributed by atoms with van der Waals surface area (Å²) in [6, 6.07) is 3.34. The molecule has 2 rings (SSSR count). The van der Waals surface area contributed by atoms with E-state index >= 15 is 0 Å². The van der Waals surface area contributed by atoms with E-state index in [0.717, 1.165) is 0 Å². The molecule has 0 aliphatic carbocycles. The molecular weight excluding hydrogens is 278 g/mol. The van der Waals surface area contributed by atoms with E-state index in [2.05, 4.69) is 20.1 Å². The third kappa shape index (κ3) is 2.86. The molecule has 0 aliphatic rings. The third-order valence-electron chi connectivity index (χ3n) is 2.71. The van der Waals surface area contributed by atoms with Crippen LogP contribution < -0.4 is 16.0 Å². The SMILES string of the molecule is Cc1cc(NN)cc(C)c1S(=O)(=O)Nc1cncnc1. The Kier molecular flexibility index (Phi) is 3.86. The van der Waals surface area contributed by atoms with Gasteiger partial charge < -0.3 is 5.43 Å². The maximum atomic E-state index is 12.4. The molecule has 0 unspecified atom stereocenters. The van der Waals surface area contributed by atoms with Gasteiger partial charge in [0.1, 0.15) is 6.33 Å². The van der Waals surface area contributed by atoms with Crippen molar-refractivity contribution in [2.24, 2.45) is 5.84 Å². The highest BCUT2D eigenvalue weighted by molar-refractivity contribution is 7.92. The molecule has 1 aromatic carbocycles. The van der Waals surface area contributed by atoms with E-state index in [9.17, 15) is 8.42 Å². The predicted molar refractivity (Wildman–Crippen MR) is 76.6 cm³/mol. The van der Waals surface area contributed by atoms with Gasteiger partial charge in [-0.15, -0.1) is 0 Å². The Morgan fingerprint density at radius 1 is 1.05 bits per heavy atom. The minimum Gasteiger partial charge on any atom is -0.324 e. The number of nitrogens with two attached hydrogens (primary N) is 1. The molecule has 0 radical (unpaired) electrons. The van der Waals surface area contributed by atoms with Crippen molar-refractivity contribution >= 4 is 21.4 Å². The van der Waals surface area contributed by atoms with Gasteiger partial charge in [-0.2, -0.15) is 0 Å². The van der Waals surface area contributed by atoms with Crippen molar-refractivity contribution in [2.45, 2.75) is 18.7 Å². The van der Waals surface area contributed by atoms with Gasteiger partial charge in [0.25, 0.3) is 10.0 Å². The number of aromatic nitrogens is 2. The minimum absolute atomic E-state index is 0.223. The molecule has 106 valence electrons. The van der Waals surface area contributed by atoms with Crippen LogP contribution in [0.3, 0.4) is 0 Å². The highest BCUT2D eigenvalue weighted by atomic mass is 32.2. The summed E-state index contributed by atoms with van der Waals surface area (Å²) in [5, 5.41) is 0. The average molecular weight is 293 g/mol. The normalized spacial score (nSPS) is 11.2. The van der Waals surface area contributed by atoms with E-state index in [-0.39, 0.29) is 4.90 Å². The quantitative estimate of drug-likeness (QED) is 0.577. The largest absolute Gasteiger partial charge is 0.324 e. The maximum absolute atomic E-state index is 12.4. The van der Waals surface area contributed by atoms with Gasteiger partial charge in [0.05, 0.1) is 23.0 Å². The Morgan fingerprint density at radius 2 is 1.60 bits per heavy atom. The lowest BCUT2D eigenvalue weighted by Crippen LogP contribution is -2.17. The summed E-state index contributed by atoms with van der Waals surface area (Å²) in [4.78, 5) is 7.76. The summed E-state index contributed by atoms with van der Waals surface area (Å²) in [5.41, 5.74) is 4.67. The van der Waals surface area contributed by atoms with Crippen molar-refractivity contribution in [1.29, 1.82) is 0 Å². The van der Waals surface area contributed by atoms with Gasteiger partial charge in [-0.25, -0.2) is 18.4 Å². The Morgan fingerprint density at radius 3 is 2.10 bits per heavy atom. The van der Waals surface area contributed by atoms with E-state index in [1.54, 1.807) is 26.0 Å². The van der Waals surface area contributed by atoms with Gasteiger partial charge in [-0.3, -0.25) is 10.6 Å². The van der Waals surface area contributed by atoms with E-state index in [0.29, 0.717) is 22.5 Å². The maximum Gasteiger partial charge on any atom is 0.262 e. The van der Waals surface area contributed by atoms with E-state index in [4.69, 9.17) is 5.84 Å². The van der Waals surface area contributed by atoms with E-state index in [1.807, 2.05) is 0 Å². The molecule has 8 heteroatoms. The number of nitrogens with one attached hydrogen (secondary N) is 2. The van der Waals surface area contributed by atoms with Gasteiger partial charge in [-0.05, 0) is 37.1 Å². The molecule has 0 saturated carbocycles. The fraction of sp³-hybridized carbons (Fsp3) is 0.167. The molecule has 0 bridgehead atoms. The number of rotatable bonds is 4. The third-order valence-corrected chi connectivity index (χ3v) is 4.39. The predicted octanol–water partition coefficient (Wildman–Crippen LogP) is 1.18. The van der Waals surface area contributed by atoms with Crippen LogP contribution in [0.1, 0.15) is 11.1 Å². The summed E-state index contributed by atoms with van der Waals surface area (Å²) in [7, 11) is -3.70. The van der Waals surface area contributed by atoms with Crippen LogP contribution in [0.15, 0.2) is 35.7 Å². The number of hydrogen-bond acceptors (Lipinski definition) is 6. The number of aryl methyl sites for hydroxylation is 2. The van der Waals surface area contributed by atoms with Crippen LogP contribution in [0.5, 0.6) is 0 Å². The highest BCUT2D eigenvalue weighted by Gasteiger charge is 2.20. The second-order valence-corrected chi connectivity index (χ2v) is 5.94. The number of hydrazine groups is 1. The molecule has 1 aromatic heterocycles. The monoisotopic (exact) mass is 293 g/mol. The van der Waals surface area contributed by atoms with Crippen LogP contribution >= 0.6 is 0 Å². The molecule has 2 aromatic rings. The molecule has 0 amide bonds. The van der Waals surface area contributed by atoms with Crippen LogP contribution in [0, 0.1) is 13.8 Å². The highest BCUT2D eigenvalue weighted by Crippen LogP contribution is 2.25. The van der Waals surface area contributed by atoms with E-state index < -0.39 is 10.0 Å². The smallest absolute Gasteiger partial charge is 0.262 e. The average Bonchev–Trinajstić information content (AvgIpc) is 2.37. The minimum atomic E-state index is -3.70. The number of nitrogen functional groups attached to an aromatic ring is 1. The number of anilines is 2. The summed E-state index contributed by atoms with van der Waals surface area (Å²) >= 11 is 0. The topological polar surface area (TPSA) is 110 Å².